The zero-order valence-corrected chi connectivity index (χ0v) is 11.9. The number of carboxylic acid groups (broad SMARTS) is 1. The minimum absolute atomic E-state index is 0.176. The molecule has 1 amide bonds. The van der Waals surface area contributed by atoms with Gasteiger partial charge < -0.3 is 10.4 Å². The number of carboxylic acids is 1. The first-order valence-electron chi connectivity index (χ1n) is 6.63. The van der Waals surface area contributed by atoms with Gasteiger partial charge in [0.2, 0.25) is 0 Å². The van der Waals surface area contributed by atoms with Crippen LogP contribution in [-0.2, 0) is 16.8 Å². The second kappa shape index (κ2) is 5.78. The molecule has 1 aromatic heterocycles. The molecule has 3 N–H and O–H groups in total. The van der Waals surface area contributed by atoms with E-state index in [0.717, 1.165) is 12.1 Å². The summed E-state index contributed by atoms with van der Waals surface area (Å²) in [5, 5.41) is 18.7. The number of carbonyl (C=O) groups is 2. The fourth-order valence-electron chi connectivity index (χ4n) is 1.97. The van der Waals surface area contributed by atoms with Crippen molar-refractivity contribution in [3.8, 4) is 0 Å². The third-order valence-corrected chi connectivity index (χ3v) is 3.39. The molecule has 0 saturated carbocycles. The predicted octanol–water partition coefficient (Wildman–Crippen LogP) is 1.70. The van der Waals surface area contributed by atoms with Gasteiger partial charge in [0, 0.05) is 5.69 Å². The number of hydrogen-bond acceptors (Lipinski definition) is 3. The summed E-state index contributed by atoms with van der Waals surface area (Å²) in [6, 6.07) is 10.2. The summed E-state index contributed by atoms with van der Waals surface area (Å²) in [6.45, 7) is 3.39. The van der Waals surface area contributed by atoms with E-state index in [4.69, 9.17) is 0 Å². The Morgan fingerprint density at radius 1 is 1.33 bits per heavy atom. The average Bonchev–Trinajstić information content (AvgIpc) is 2.97. The minimum Gasteiger partial charge on any atom is -0.479 e. The summed E-state index contributed by atoms with van der Waals surface area (Å²) >= 11 is 0. The largest absolute Gasteiger partial charge is 0.479 e. The van der Waals surface area contributed by atoms with E-state index < -0.39 is 17.4 Å². The lowest BCUT2D eigenvalue weighted by Crippen LogP contribution is -2.49. The first-order chi connectivity index (χ1) is 9.97. The molecular formula is C15H17N3O3. The molecule has 1 unspecified atom stereocenters. The van der Waals surface area contributed by atoms with Crippen LogP contribution in [-0.4, -0.2) is 27.2 Å². The van der Waals surface area contributed by atoms with Crippen molar-refractivity contribution in [3.05, 3.63) is 53.3 Å². The lowest BCUT2D eigenvalue weighted by Gasteiger charge is -2.26. The van der Waals surface area contributed by atoms with Crippen LogP contribution < -0.4 is 5.32 Å². The Morgan fingerprint density at radius 2 is 2.00 bits per heavy atom. The smallest absolute Gasteiger partial charge is 0.333 e. The molecule has 21 heavy (non-hydrogen) atoms. The number of benzene rings is 1. The van der Waals surface area contributed by atoms with Gasteiger partial charge in [-0.05, 0) is 25.0 Å². The quantitative estimate of drug-likeness (QED) is 0.780. The third kappa shape index (κ3) is 2.94. The molecule has 0 bridgehead atoms. The fourth-order valence-corrected chi connectivity index (χ4v) is 1.97. The van der Waals surface area contributed by atoms with E-state index in [-0.39, 0.29) is 5.69 Å². The Hall–Kier alpha value is -2.63. The molecule has 0 aliphatic rings. The number of aromatic nitrogens is 2. The van der Waals surface area contributed by atoms with E-state index in [1.807, 2.05) is 6.92 Å². The maximum Gasteiger partial charge on any atom is 0.333 e. The molecule has 6 heteroatoms. The second-order valence-corrected chi connectivity index (χ2v) is 4.88. The van der Waals surface area contributed by atoms with E-state index in [2.05, 4.69) is 15.5 Å². The molecule has 0 saturated heterocycles. The summed E-state index contributed by atoms with van der Waals surface area (Å²) in [4.78, 5) is 23.8. The minimum atomic E-state index is -1.51. The van der Waals surface area contributed by atoms with Gasteiger partial charge >= 0.3 is 5.97 Å². The number of amides is 1. The van der Waals surface area contributed by atoms with Crippen molar-refractivity contribution in [2.75, 3.05) is 0 Å². The van der Waals surface area contributed by atoms with Crippen molar-refractivity contribution in [1.29, 1.82) is 0 Å². The van der Waals surface area contributed by atoms with Gasteiger partial charge in [0.1, 0.15) is 5.69 Å². The molecule has 0 fully saturated rings. The molecule has 110 valence electrons. The molecule has 1 atom stereocenters. The number of carbonyl (C=O) groups excluding carboxylic acids is 1. The predicted molar refractivity (Wildman–Crippen MR) is 76.9 cm³/mol. The molecular weight excluding hydrogens is 270 g/mol. The highest BCUT2D eigenvalue weighted by Crippen LogP contribution is 2.21. The van der Waals surface area contributed by atoms with Crippen molar-refractivity contribution in [2.24, 2.45) is 0 Å². The fraction of sp³-hybridized carbons (Fsp3) is 0.267. The highest BCUT2D eigenvalue weighted by atomic mass is 16.4. The zero-order chi connectivity index (χ0) is 15.5. The number of aryl methyl sites for hydroxylation is 1. The van der Waals surface area contributed by atoms with Gasteiger partial charge in [-0.3, -0.25) is 9.89 Å². The number of rotatable bonds is 5. The topological polar surface area (TPSA) is 95.1 Å². The Morgan fingerprint density at radius 3 is 2.52 bits per heavy atom. The lowest BCUT2D eigenvalue weighted by molar-refractivity contribution is -0.144. The van der Waals surface area contributed by atoms with Gasteiger partial charge in [-0.2, -0.15) is 5.10 Å². The van der Waals surface area contributed by atoms with Crippen molar-refractivity contribution in [3.63, 3.8) is 0 Å². The van der Waals surface area contributed by atoms with Crippen LogP contribution in [0, 0.1) is 0 Å². The van der Waals surface area contributed by atoms with Crippen molar-refractivity contribution in [2.45, 2.75) is 25.8 Å². The lowest BCUT2D eigenvalue weighted by atomic mass is 9.92. The summed E-state index contributed by atoms with van der Waals surface area (Å²) in [6.07, 6.45) is 0.717. The number of aromatic amines is 1. The average molecular weight is 287 g/mol. The Balaban J connectivity index is 2.28. The standard InChI is InChI=1S/C15H17N3O3/c1-3-11-9-12(18-17-11)13(19)16-15(2,14(20)21)10-7-5-4-6-8-10/h4-9H,3H2,1-2H3,(H,16,19)(H,17,18)(H,20,21). The normalized spacial score (nSPS) is 13.4. The molecule has 0 spiro atoms. The van der Waals surface area contributed by atoms with Crippen LogP contribution in [0.4, 0.5) is 0 Å². The maximum absolute atomic E-state index is 12.2. The van der Waals surface area contributed by atoms with E-state index in [9.17, 15) is 14.7 Å². The van der Waals surface area contributed by atoms with Gasteiger partial charge in [-0.25, -0.2) is 4.79 Å². The number of nitrogens with one attached hydrogen (secondary N) is 2. The highest BCUT2D eigenvalue weighted by Gasteiger charge is 2.37. The molecule has 2 rings (SSSR count). The number of aliphatic carboxylic acids is 1. The summed E-state index contributed by atoms with van der Waals surface area (Å²) in [5.41, 5.74) is -0.0202. The summed E-state index contributed by atoms with van der Waals surface area (Å²) < 4.78 is 0. The Labute approximate surface area is 122 Å². The van der Waals surface area contributed by atoms with Crippen LogP contribution in [0.3, 0.4) is 0 Å². The molecule has 0 radical (unpaired) electrons. The van der Waals surface area contributed by atoms with Gasteiger partial charge in [0.15, 0.2) is 5.54 Å². The zero-order valence-electron chi connectivity index (χ0n) is 11.9. The molecule has 0 aliphatic carbocycles. The first-order valence-corrected chi connectivity index (χ1v) is 6.63. The van der Waals surface area contributed by atoms with Crippen LogP contribution in [0.5, 0.6) is 0 Å². The van der Waals surface area contributed by atoms with Crippen LogP contribution in [0.15, 0.2) is 36.4 Å². The highest BCUT2D eigenvalue weighted by molar-refractivity contribution is 5.96. The summed E-state index contributed by atoms with van der Waals surface area (Å²) in [7, 11) is 0. The van der Waals surface area contributed by atoms with E-state index >= 15 is 0 Å². The monoisotopic (exact) mass is 287 g/mol. The van der Waals surface area contributed by atoms with Gasteiger partial charge in [0.05, 0.1) is 0 Å². The van der Waals surface area contributed by atoms with Crippen LogP contribution in [0.2, 0.25) is 0 Å². The molecule has 0 aliphatic heterocycles. The SMILES string of the molecule is CCc1cc(C(=O)NC(C)(C(=O)O)c2ccccc2)n[nH]1. The van der Waals surface area contributed by atoms with E-state index in [1.165, 1.54) is 6.92 Å². The Kier molecular flexibility index (Phi) is 4.07. The van der Waals surface area contributed by atoms with E-state index in [0.29, 0.717) is 5.56 Å². The number of H-pyrrole nitrogens is 1. The molecule has 1 heterocycles. The molecule has 2 aromatic rings. The number of hydrogen-bond donors (Lipinski definition) is 3. The first kappa shape index (κ1) is 14.8. The van der Waals surface area contributed by atoms with Gasteiger partial charge in [0.25, 0.3) is 5.91 Å². The number of nitrogens with zero attached hydrogens (tertiary/aromatic N) is 1. The second-order valence-electron chi connectivity index (χ2n) is 4.88. The van der Waals surface area contributed by atoms with Crippen molar-refractivity contribution < 1.29 is 14.7 Å². The molecule has 6 nitrogen and oxygen atoms in total. The van der Waals surface area contributed by atoms with Gasteiger partial charge in [-0.1, -0.05) is 37.3 Å². The van der Waals surface area contributed by atoms with Crippen molar-refractivity contribution >= 4 is 11.9 Å². The summed E-state index contributed by atoms with van der Waals surface area (Å²) in [5.74, 6) is -1.66. The third-order valence-electron chi connectivity index (χ3n) is 3.39. The van der Waals surface area contributed by atoms with Gasteiger partial charge in [-0.15, -0.1) is 0 Å². The van der Waals surface area contributed by atoms with Crippen LogP contribution in [0.1, 0.15) is 35.6 Å². The molecule has 1 aromatic carbocycles. The van der Waals surface area contributed by atoms with Crippen LogP contribution in [0.25, 0.3) is 0 Å². The maximum atomic E-state index is 12.2. The van der Waals surface area contributed by atoms with Crippen molar-refractivity contribution in [1.82, 2.24) is 15.5 Å². The Bertz CT molecular complexity index is 651. The van der Waals surface area contributed by atoms with E-state index in [1.54, 1.807) is 36.4 Å². The van der Waals surface area contributed by atoms with Crippen LogP contribution >= 0.6 is 0 Å².